The Labute approximate surface area is 111 Å². The van der Waals surface area contributed by atoms with Gasteiger partial charge in [0.25, 0.3) is 0 Å². The van der Waals surface area contributed by atoms with Crippen LogP contribution in [0.5, 0.6) is 11.5 Å². The standard InChI is InChI=1S/C13H16N4O2/c1-8-15-12(7-14)17-13(16-8)9-4-10(18-2)6-11(5-9)19-3/h4-6H,7,14H2,1-3H3. The Morgan fingerprint density at radius 3 is 2.16 bits per heavy atom. The zero-order valence-corrected chi connectivity index (χ0v) is 11.2. The van der Waals surface area contributed by atoms with Crippen LogP contribution in [0.2, 0.25) is 0 Å². The maximum Gasteiger partial charge on any atom is 0.163 e. The van der Waals surface area contributed by atoms with Gasteiger partial charge in [-0.2, -0.15) is 0 Å². The molecule has 0 aliphatic rings. The zero-order valence-electron chi connectivity index (χ0n) is 11.2. The third-order valence-corrected chi connectivity index (χ3v) is 2.59. The minimum Gasteiger partial charge on any atom is -0.497 e. The van der Waals surface area contributed by atoms with Gasteiger partial charge in [-0.3, -0.25) is 0 Å². The molecule has 0 spiro atoms. The lowest BCUT2D eigenvalue weighted by Gasteiger charge is -2.08. The first-order chi connectivity index (χ1) is 9.16. The van der Waals surface area contributed by atoms with E-state index in [1.54, 1.807) is 20.3 Å². The normalized spacial score (nSPS) is 10.3. The van der Waals surface area contributed by atoms with Gasteiger partial charge in [0.05, 0.1) is 20.8 Å². The minimum absolute atomic E-state index is 0.275. The summed E-state index contributed by atoms with van der Waals surface area (Å²) >= 11 is 0. The molecule has 100 valence electrons. The summed E-state index contributed by atoms with van der Waals surface area (Å²) in [7, 11) is 3.20. The zero-order chi connectivity index (χ0) is 13.8. The van der Waals surface area contributed by atoms with E-state index in [2.05, 4.69) is 15.0 Å². The first-order valence-corrected chi connectivity index (χ1v) is 5.81. The molecular formula is C13H16N4O2. The quantitative estimate of drug-likeness (QED) is 0.892. The molecule has 2 rings (SSSR count). The topological polar surface area (TPSA) is 83.2 Å². The molecule has 0 aliphatic carbocycles. The highest BCUT2D eigenvalue weighted by atomic mass is 16.5. The third kappa shape index (κ3) is 2.97. The lowest BCUT2D eigenvalue weighted by molar-refractivity contribution is 0.394. The van der Waals surface area contributed by atoms with Crippen LogP contribution in [-0.4, -0.2) is 29.2 Å². The first kappa shape index (κ1) is 13.2. The van der Waals surface area contributed by atoms with Crippen molar-refractivity contribution in [1.29, 1.82) is 0 Å². The number of rotatable bonds is 4. The fourth-order valence-electron chi connectivity index (χ4n) is 1.69. The molecule has 0 radical (unpaired) electrons. The molecule has 1 aromatic heterocycles. The molecule has 0 saturated carbocycles. The Balaban J connectivity index is 2.54. The van der Waals surface area contributed by atoms with Crippen molar-refractivity contribution in [1.82, 2.24) is 15.0 Å². The molecule has 0 saturated heterocycles. The number of nitrogens with two attached hydrogens (primary N) is 1. The second-order valence-corrected chi connectivity index (χ2v) is 3.93. The Morgan fingerprint density at radius 2 is 1.63 bits per heavy atom. The van der Waals surface area contributed by atoms with Gasteiger partial charge in [0.15, 0.2) is 5.82 Å². The van der Waals surface area contributed by atoms with Gasteiger partial charge in [-0.05, 0) is 19.1 Å². The second kappa shape index (κ2) is 5.62. The summed E-state index contributed by atoms with van der Waals surface area (Å²) in [4.78, 5) is 12.8. The lowest BCUT2D eigenvalue weighted by Crippen LogP contribution is -2.07. The van der Waals surface area contributed by atoms with E-state index >= 15 is 0 Å². The number of hydrogen-bond acceptors (Lipinski definition) is 6. The van der Waals surface area contributed by atoms with Crippen molar-refractivity contribution in [3.63, 3.8) is 0 Å². The van der Waals surface area contributed by atoms with Crippen LogP contribution in [0.25, 0.3) is 11.4 Å². The van der Waals surface area contributed by atoms with Crippen LogP contribution in [0, 0.1) is 6.92 Å². The SMILES string of the molecule is COc1cc(OC)cc(-c2nc(C)nc(CN)n2)c1. The highest BCUT2D eigenvalue weighted by Crippen LogP contribution is 2.27. The van der Waals surface area contributed by atoms with Crippen LogP contribution in [-0.2, 0) is 6.54 Å². The van der Waals surface area contributed by atoms with Crippen LogP contribution in [0.15, 0.2) is 18.2 Å². The fourth-order valence-corrected chi connectivity index (χ4v) is 1.69. The van der Waals surface area contributed by atoms with Crippen molar-refractivity contribution >= 4 is 0 Å². The molecule has 1 aromatic carbocycles. The number of ether oxygens (including phenoxy) is 2. The van der Waals surface area contributed by atoms with Crippen molar-refractivity contribution in [3.05, 3.63) is 29.8 Å². The highest BCUT2D eigenvalue weighted by molar-refractivity contribution is 5.60. The molecule has 2 N–H and O–H groups in total. The van der Waals surface area contributed by atoms with E-state index in [-0.39, 0.29) is 6.54 Å². The van der Waals surface area contributed by atoms with Crippen LogP contribution in [0.3, 0.4) is 0 Å². The average molecular weight is 260 g/mol. The number of aryl methyl sites for hydroxylation is 1. The van der Waals surface area contributed by atoms with E-state index in [0.29, 0.717) is 29.0 Å². The van der Waals surface area contributed by atoms with Gasteiger partial charge in [-0.15, -0.1) is 0 Å². The molecule has 2 aromatic rings. The van der Waals surface area contributed by atoms with Gasteiger partial charge in [-0.25, -0.2) is 15.0 Å². The van der Waals surface area contributed by atoms with E-state index < -0.39 is 0 Å². The van der Waals surface area contributed by atoms with Gasteiger partial charge in [0.1, 0.15) is 23.1 Å². The van der Waals surface area contributed by atoms with Crippen molar-refractivity contribution in [2.45, 2.75) is 13.5 Å². The van der Waals surface area contributed by atoms with Gasteiger partial charge >= 0.3 is 0 Å². The number of benzene rings is 1. The van der Waals surface area contributed by atoms with Crippen molar-refractivity contribution in [2.75, 3.05) is 14.2 Å². The molecule has 0 aliphatic heterocycles. The maximum absolute atomic E-state index is 5.58. The average Bonchev–Trinajstić information content (AvgIpc) is 2.45. The largest absolute Gasteiger partial charge is 0.497 e. The molecule has 0 atom stereocenters. The number of aromatic nitrogens is 3. The fraction of sp³-hybridized carbons (Fsp3) is 0.308. The van der Waals surface area contributed by atoms with E-state index in [9.17, 15) is 0 Å². The van der Waals surface area contributed by atoms with Gasteiger partial charge < -0.3 is 15.2 Å². The van der Waals surface area contributed by atoms with E-state index in [4.69, 9.17) is 15.2 Å². The van der Waals surface area contributed by atoms with Crippen molar-refractivity contribution < 1.29 is 9.47 Å². The molecule has 6 heteroatoms. The molecule has 19 heavy (non-hydrogen) atoms. The number of methoxy groups -OCH3 is 2. The van der Waals surface area contributed by atoms with Crippen molar-refractivity contribution in [2.24, 2.45) is 5.73 Å². The van der Waals surface area contributed by atoms with Crippen molar-refractivity contribution in [3.8, 4) is 22.9 Å². The van der Waals surface area contributed by atoms with Crippen LogP contribution in [0.4, 0.5) is 0 Å². The predicted octanol–water partition coefficient (Wildman–Crippen LogP) is 1.32. The number of hydrogen-bond donors (Lipinski definition) is 1. The van der Waals surface area contributed by atoms with Crippen LogP contribution >= 0.6 is 0 Å². The summed E-state index contributed by atoms with van der Waals surface area (Å²) in [6.45, 7) is 2.08. The monoisotopic (exact) mass is 260 g/mol. The van der Waals surface area contributed by atoms with Crippen LogP contribution < -0.4 is 15.2 Å². The van der Waals surface area contributed by atoms with Gasteiger partial charge in [-0.1, -0.05) is 0 Å². The summed E-state index contributed by atoms with van der Waals surface area (Å²) < 4.78 is 10.5. The molecule has 6 nitrogen and oxygen atoms in total. The second-order valence-electron chi connectivity index (χ2n) is 3.93. The maximum atomic E-state index is 5.58. The predicted molar refractivity (Wildman–Crippen MR) is 71.0 cm³/mol. The molecule has 0 unspecified atom stereocenters. The Kier molecular flexibility index (Phi) is 3.91. The third-order valence-electron chi connectivity index (χ3n) is 2.59. The summed E-state index contributed by atoms with van der Waals surface area (Å²) in [5.41, 5.74) is 6.38. The summed E-state index contributed by atoms with van der Waals surface area (Å²) in [5, 5.41) is 0. The molecule has 0 bridgehead atoms. The highest BCUT2D eigenvalue weighted by Gasteiger charge is 2.09. The van der Waals surface area contributed by atoms with E-state index in [0.717, 1.165) is 5.56 Å². The van der Waals surface area contributed by atoms with Gasteiger partial charge in [0.2, 0.25) is 0 Å². The summed E-state index contributed by atoms with van der Waals surface area (Å²) in [5.74, 6) is 3.12. The summed E-state index contributed by atoms with van der Waals surface area (Å²) in [6.07, 6.45) is 0. The first-order valence-electron chi connectivity index (χ1n) is 5.81. The lowest BCUT2D eigenvalue weighted by atomic mass is 10.2. The molecule has 0 fully saturated rings. The van der Waals surface area contributed by atoms with E-state index in [1.165, 1.54) is 0 Å². The minimum atomic E-state index is 0.275. The molecule has 0 amide bonds. The smallest absolute Gasteiger partial charge is 0.163 e. The Morgan fingerprint density at radius 1 is 1.00 bits per heavy atom. The number of nitrogens with zero attached hydrogens (tertiary/aromatic N) is 3. The molecular weight excluding hydrogens is 244 g/mol. The molecule has 1 heterocycles. The Hall–Kier alpha value is -2.21. The van der Waals surface area contributed by atoms with E-state index in [1.807, 2.05) is 19.1 Å². The summed E-state index contributed by atoms with van der Waals surface area (Å²) in [6, 6.07) is 5.48. The Bertz CT molecular complexity index is 565. The van der Waals surface area contributed by atoms with Crippen LogP contribution in [0.1, 0.15) is 11.6 Å². The van der Waals surface area contributed by atoms with Gasteiger partial charge in [0, 0.05) is 11.6 Å².